The van der Waals surface area contributed by atoms with Gasteiger partial charge >= 0.3 is 6.08 Å². The first-order valence-electron chi connectivity index (χ1n) is 9.19. The number of furan rings is 1. The predicted octanol–water partition coefficient (Wildman–Crippen LogP) is 3.35. The number of hydrogen-bond acceptors (Lipinski definition) is 6. The molecule has 0 amide bonds. The highest BCUT2D eigenvalue weighted by molar-refractivity contribution is 7.80. The van der Waals surface area contributed by atoms with Gasteiger partial charge in [-0.2, -0.15) is 14.4 Å². The average molecular weight is 430 g/mol. The molecule has 0 saturated heterocycles. The van der Waals surface area contributed by atoms with E-state index in [1.807, 2.05) is 30.3 Å². The molecule has 0 bridgehead atoms. The monoisotopic (exact) mass is 430 g/mol. The van der Waals surface area contributed by atoms with Gasteiger partial charge in [-0.25, -0.2) is 9.19 Å². The van der Waals surface area contributed by atoms with Gasteiger partial charge in [-0.05, 0) is 24.0 Å². The van der Waals surface area contributed by atoms with E-state index < -0.39 is 17.3 Å². The zero-order valence-corrected chi connectivity index (χ0v) is 16.6. The number of nitrogens with one attached hydrogen (secondary N) is 2. The van der Waals surface area contributed by atoms with Crippen LogP contribution in [0.5, 0.6) is 0 Å². The first kappa shape index (κ1) is 20.0. The lowest BCUT2D eigenvalue weighted by atomic mass is 10.2. The van der Waals surface area contributed by atoms with Crippen molar-refractivity contribution in [2.45, 2.75) is 25.9 Å². The van der Waals surface area contributed by atoms with Gasteiger partial charge in [0.15, 0.2) is 17.0 Å². The Balaban J connectivity index is 1.43. The van der Waals surface area contributed by atoms with Crippen LogP contribution in [-0.2, 0) is 30.8 Å². The van der Waals surface area contributed by atoms with Crippen molar-refractivity contribution in [1.82, 2.24) is 19.5 Å². The number of fused-ring (bicyclic) bond motifs is 1. The van der Waals surface area contributed by atoms with E-state index in [2.05, 4.69) is 25.0 Å². The van der Waals surface area contributed by atoms with Gasteiger partial charge < -0.3 is 14.3 Å². The summed E-state index contributed by atoms with van der Waals surface area (Å²) in [5.74, 6) is 0.575. The molecule has 4 rings (SSSR count). The smallest absolute Gasteiger partial charge is 0.312 e. The quantitative estimate of drug-likeness (QED) is 0.275. The van der Waals surface area contributed by atoms with Crippen molar-refractivity contribution >= 4 is 34.1 Å². The van der Waals surface area contributed by atoms with E-state index in [1.54, 1.807) is 17.0 Å². The number of imidazole rings is 1. The summed E-state index contributed by atoms with van der Waals surface area (Å²) in [5.41, 5.74) is 2.84. The summed E-state index contributed by atoms with van der Waals surface area (Å²) in [6.45, 7) is 1.06. The molecule has 0 saturated carbocycles. The third-order valence-corrected chi connectivity index (χ3v) is 4.82. The molecule has 30 heavy (non-hydrogen) atoms. The summed E-state index contributed by atoms with van der Waals surface area (Å²) in [6, 6.07) is 11.4. The Bertz CT molecular complexity index is 1160. The average Bonchev–Trinajstić information content (AvgIpc) is 3.33. The van der Waals surface area contributed by atoms with Crippen molar-refractivity contribution in [3.8, 4) is 0 Å². The van der Waals surface area contributed by atoms with Gasteiger partial charge in [0.1, 0.15) is 0 Å². The van der Waals surface area contributed by atoms with Crippen LogP contribution in [0.2, 0.25) is 0 Å². The van der Waals surface area contributed by atoms with Crippen LogP contribution in [0.4, 0.5) is 16.1 Å². The first-order chi connectivity index (χ1) is 14.6. The molecule has 0 spiro atoms. The van der Waals surface area contributed by atoms with Crippen molar-refractivity contribution in [2.24, 2.45) is 0 Å². The summed E-state index contributed by atoms with van der Waals surface area (Å²) >= 11 is -2.18. The normalized spacial score (nSPS) is 12.2. The van der Waals surface area contributed by atoms with Crippen molar-refractivity contribution in [1.29, 1.82) is 0 Å². The molecule has 0 aliphatic heterocycles. The van der Waals surface area contributed by atoms with Crippen molar-refractivity contribution in [2.75, 3.05) is 10.0 Å². The topological polar surface area (TPSA) is 118 Å². The fourth-order valence-corrected chi connectivity index (χ4v) is 3.37. The second-order valence-electron chi connectivity index (χ2n) is 6.56. The standard InChI is InChI=1S/C19H19FN6O3S/c20-19-23-17(21-10-13-5-2-1-3-6-13)16-18(24-19)26(12-22-16)8-4-7-14-9-15(29-11-14)25-30(27)28/h1-3,5-6,9,11-12,25H,4,7-8,10H2,(H,27,28)(H,21,23,24). The largest absolute Gasteiger partial charge is 0.448 e. The lowest BCUT2D eigenvalue weighted by Gasteiger charge is -2.07. The van der Waals surface area contributed by atoms with Gasteiger partial charge in [0.05, 0.1) is 12.6 Å². The van der Waals surface area contributed by atoms with Crippen molar-refractivity contribution < 1.29 is 17.6 Å². The molecule has 0 aliphatic rings. The van der Waals surface area contributed by atoms with Crippen LogP contribution >= 0.6 is 0 Å². The minimum atomic E-state index is -2.18. The van der Waals surface area contributed by atoms with Crippen LogP contribution in [0.15, 0.2) is 53.4 Å². The van der Waals surface area contributed by atoms with Gasteiger partial charge in [0, 0.05) is 19.2 Å². The van der Waals surface area contributed by atoms with Gasteiger partial charge in [-0.1, -0.05) is 30.3 Å². The molecule has 1 aromatic carbocycles. The molecule has 3 N–H and O–H groups in total. The Morgan fingerprint density at radius 1 is 1.20 bits per heavy atom. The zero-order valence-electron chi connectivity index (χ0n) is 15.8. The fourth-order valence-electron chi connectivity index (χ4n) is 3.09. The van der Waals surface area contributed by atoms with E-state index >= 15 is 0 Å². The summed E-state index contributed by atoms with van der Waals surface area (Å²) in [6.07, 6.45) is 3.70. The fraction of sp³-hybridized carbons (Fsp3) is 0.211. The number of anilines is 2. The molecule has 0 fully saturated rings. The van der Waals surface area contributed by atoms with E-state index in [1.165, 1.54) is 6.26 Å². The van der Waals surface area contributed by atoms with E-state index in [0.717, 1.165) is 11.1 Å². The maximum absolute atomic E-state index is 14.0. The van der Waals surface area contributed by atoms with E-state index in [9.17, 15) is 8.60 Å². The summed E-state index contributed by atoms with van der Waals surface area (Å²) < 4.78 is 42.8. The second kappa shape index (κ2) is 9.01. The molecule has 3 heterocycles. The van der Waals surface area contributed by atoms with Crippen molar-refractivity contribution in [3.63, 3.8) is 0 Å². The summed E-state index contributed by atoms with van der Waals surface area (Å²) in [5, 5.41) is 3.13. The van der Waals surface area contributed by atoms with Gasteiger partial charge in [-0.3, -0.25) is 9.27 Å². The molecule has 9 nitrogen and oxygen atoms in total. The van der Waals surface area contributed by atoms with Crippen LogP contribution in [0.3, 0.4) is 0 Å². The van der Waals surface area contributed by atoms with Crippen molar-refractivity contribution in [3.05, 3.63) is 66.2 Å². The van der Waals surface area contributed by atoms with E-state index in [-0.39, 0.29) is 5.88 Å². The molecule has 11 heteroatoms. The third-order valence-electron chi connectivity index (χ3n) is 4.45. The number of hydrogen-bond donors (Lipinski definition) is 3. The number of aryl methyl sites for hydroxylation is 2. The molecule has 4 aromatic rings. The predicted molar refractivity (Wildman–Crippen MR) is 110 cm³/mol. The van der Waals surface area contributed by atoms with Crippen LogP contribution in [0.25, 0.3) is 11.2 Å². The first-order valence-corrected chi connectivity index (χ1v) is 10.3. The molecule has 1 atom stereocenters. The Kier molecular flexibility index (Phi) is 6.00. The number of aromatic nitrogens is 4. The second-order valence-corrected chi connectivity index (χ2v) is 7.27. The molecule has 156 valence electrons. The zero-order chi connectivity index (χ0) is 20.9. The SMILES string of the molecule is O=S(O)Nc1cc(CCCn2cnc3c(NCc4ccccc4)nc(F)nc32)co1. The highest BCUT2D eigenvalue weighted by Crippen LogP contribution is 2.21. The van der Waals surface area contributed by atoms with Crippen LogP contribution < -0.4 is 10.0 Å². The Morgan fingerprint density at radius 3 is 2.83 bits per heavy atom. The Labute approximate surface area is 173 Å². The van der Waals surface area contributed by atoms with Crippen LogP contribution in [0.1, 0.15) is 17.5 Å². The number of rotatable bonds is 9. The van der Waals surface area contributed by atoms with E-state index in [4.69, 9.17) is 8.97 Å². The van der Waals surface area contributed by atoms with Crippen LogP contribution in [-0.4, -0.2) is 28.3 Å². The van der Waals surface area contributed by atoms with Gasteiger partial charge in [-0.15, -0.1) is 0 Å². The molecule has 0 aliphatic carbocycles. The lowest BCUT2D eigenvalue weighted by molar-refractivity contribution is 0.540. The Morgan fingerprint density at radius 2 is 2.03 bits per heavy atom. The van der Waals surface area contributed by atoms with Gasteiger partial charge in [0.25, 0.3) is 11.3 Å². The number of benzene rings is 1. The maximum Gasteiger partial charge on any atom is 0.312 e. The number of nitrogens with zero attached hydrogens (tertiary/aromatic N) is 4. The molecular weight excluding hydrogens is 411 g/mol. The van der Waals surface area contributed by atoms with Crippen LogP contribution in [0, 0.1) is 6.08 Å². The molecule has 0 radical (unpaired) electrons. The molecule has 3 aromatic heterocycles. The summed E-state index contributed by atoms with van der Waals surface area (Å²) in [4.78, 5) is 12.1. The lowest BCUT2D eigenvalue weighted by Crippen LogP contribution is -2.06. The minimum absolute atomic E-state index is 0.225. The minimum Gasteiger partial charge on any atom is -0.448 e. The molecular formula is C19H19FN6O3S. The van der Waals surface area contributed by atoms with E-state index in [0.29, 0.717) is 42.9 Å². The Hall–Kier alpha value is -3.31. The highest BCUT2D eigenvalue weighted by Gasteiger charge is 2.13. The maximum atomic E-state index is 14.0. The molecule has 1 unspecified atom stereocenters. The summed E-state index contributed by atoms with van der Waals surface area (Å²) in [7, 11) is 0. The number of halogens is 1. The van der Waals surface area contributed by atoms with Gasteiger partial charge in [0.2, 0.25) is 5.88 Å². The third kappa shape index (κ3) is 4.81. The highest BCUT2D eigenvalue weighted by atomic mass is 32.2.